The van der Waals surface area contributed by atoms with E-state index in [4.69, 9.17) is 16.3 Å². The van der Waals surface area contributed by atoms with Crippen LogP contribution in [0, 0.1) is 0 Å². The van der Waals surface area contributed by atoms with Crippen molar-refractivity contribution in [3.8, 4) is 5.75 Å². The molecule has 15 heteroatoms. The van der Waals surface area contributed by atoms with E-state index in [9.17, 15) is 30.7 Å². The Kier molecular flexibility index (Phi) is 7.14. The SMILES string of the molecule is CC(=O)Oc1ccc2sc(C=C3Sc4ccc(Cl)cc4[N+]34CCC4S(=O)(=O)O)[n+](CCCS(=O)(=O)O)c2c1. The Morgan fingerprint density at radius 2 is 1.97 bits per heavy atom. The lowest BCUT2D eigenvalue weighted by atomic mass is 10.1. The van der Waals surface area contributed by atoms with Crippen molar-refractivity contribution in [2.45, 2.75) is 36.6 Å². The molecule has 5 rings (SSSR count). The second-order valence-corrected chi connectivity index (χ2v) is 14.7. The highest BCUT2D eigenvalue weighted by atomic mass is 35.5. The van der Waals surface area contributed by atoms with E-state index in [1.165, 1.54) is 30.0 Å². The molecule has 1 fully saturated rings. The van der Waals surface area contributed by atoms with Crippen molar-refractivity contribution in [1.29, 1.82) is 0 Å². The number of quaternary nitrogens is 1. The maximum atomic E-state index is 12.4. The number of aryl methyl sites for hydroxylation is 1. The minimum absolute atomic E-state index is 0.0860. The molecule has 2 atom stereocenters. The molecule has 2 aromatic carbocycles. The quantitative estimate of drug-likeness (QED) is 0.132. The Morgan fingerprint density at radius 1 is 1.21 bits per heavy atom. The highest BCUT2D eigenvalue weighted by Gasteiger charge is 2.62. The molecule has 10 nitrogen and oxygen atoms in total. The van der Waals surface area contributed by atoms with Gasteiger partial charge in [0.1, 0.15) is 10.4 Å². The van der Waals surface area contributed by atoms with Gasteiger partial charge in [0, 0.05) is 24.4 Å². The molecule has 2 unspecified atom stereocenters. The van der Waals surface area contributed by atoms with E-state index < -0.39 is 37.3 Å². The highest BCUT2D eigenvalue weighted by molar-refractivity contribution is 8.03. The number of hydrogen-bond acceptors (Lipinski definition) is 8. The molecule has 0 radical (unpaired) electrons. The summed E-state index contributed by atoms with van der Waals surface area (Å²) in [5.74, 6) is -0.611. The normalized spacial score (nSPS) is 22.1. The summed E-state index contributed by atoms with van der Waals surface area (Å²) in [6, 6.07) is 10.4. The summed E-state index contributed by atoms with van der Waals surface area (Å²) in [5.41, 5.74) is 1.37. The molecule has 2 aliphatic heterocycles. The van der Waals surface area contributed by atoms with Crippen LogP contribution in [0.5, 0.6) is 5.75 Å². The number of thioether (sulfide) groups is 1. The van der Waals surface area contributed by atoms with Crippen LogP contribution in [0.4, 0.5) is 5.69 Å². The van der Waals surface area contributed by atoms with Crippen LogP contribution in [0.2, 0.25) is 5.02 Å². The second kappa shape index (κ2) is 9.86. The molecule has 3 aromatic rings. The van der Waals surface area contributed by atoms with Crippen molar-refractivity contribution in [3.05, 3.63) is 51.5 Å². The molecule has 202 valence electrons. The molecule has 0 amide bonds. The Bertz CT molecular complexity index is 1720. The summed E-state index contributed by atoms with van der Waals surface area (Å²) in [7, 11) is -8.57. The zero-order chi connectivity index (χ0) is 27.5. The molecular weight excluding hydrogens is 596 g/mol. The van der Waals surface area contributed by atoms with Gasteiger partial charge in [0.2, 0.25) is 10.9 Å². The Labute approximate surface area is 232 Å². The van der Waals surface area contributed by atoms with Crippen LogP contribution in [-0.4, -0.2) is 49.6 Å². The van der Waals surface area contributed by atoms with Crippen molar-refractivity contribution < 1.29 is 40.0 Å². The summed E-state index contributed by atoms with van der Waals surface area (Å²) >= 11 is 9.05. The van der Waals surface area contributed by atoms with E-state index in [0.717, 1.165) is 9.60 Å². The molecule has 38 heavy (non-hydrogen) atoms. The van der Waals surface area contributed by atoms with Gasteiger partial charge in [0.25, 0.3) is 15.1 Å². The fraction of sp³-hybridized carbons (Fsp3) is 0.304. The van der Waals surface area contributed by atoms with Crippen LogP contribution >= 0.6 is 34.7 Å². The molecule has 0 aliphatic carbocycles. The van der Waals surface area contributed by atoms with E-state index >= 15 is 0 Å². The Hall–Kier alpha value is -2.04. The maximum absolute atomic E-state index is 12.4. The third-order valence-corrected chi connectivity index (χ3v) is 11.2. The van der Waals surface area contributed by atoms with Crippen LogP contribution in [-0.2, 0) is 31.6 Å². The van der Waals surface area contributed by atoms with Gasteiger partial charge in [-0.05, 0) is 36.0 Å². The molecule has 0 saturated carbocycles. The maximum Gasteiger partial charge on any atom is 0.320 e. The number of aromatic nitrogens is 1. The number of benzene rings is 2. The summed E-state index contributed by atoms with van der Waals surface area (Å²) in [4.78, 5) is 12.3. The van der Waals surface area contributed by atoms with Crippen LogP contribution in [0.1, 0.15) is 24.8 Å². The van der Waals surface area contributed by atoms with E-state index in [1.54, 1.807) is 30.3 Å². The number of hydrogen-bond donors (Lipinski definition) is 2. The van der Waals surface area contributed by atoms with E-state index in [2.05, 4.69) is 0 Å². The Balaban J connectivity index is 1.66. The average Bonchev–Trinajstić information content (AvgIpc) is 3.26. The minimum Gasteiger partial charge on any atom is -0.426 e. The number of ether oxygens (including phenoxy) is 1. The summed E-state index contributed by atoms with van der Waals surface area (Å²) < 4.78 is 74.6. The fourth-order valence-corrected chi connectivity index (χ4v) is 9.34. The van der Waals surface area contributed by atoms with Crippen LogP contribution < -0.4 is 13.8 Å². The van der Waals surface area contributed by atoms with Gasteiger partial charge < -0.3 is 4.74 Å². The number of thiazole rings is 1. The zero-order valence-corrected chi connectivity index (χ0v) is 23.9. The first kappa shape index (κ1) is 27.5. The van der Waals surface area contributed by atoms with Gasteiger partial charge in [0.15, 0.2) is 17.3 Å². The van der Waals surface area contributed by atoms with Crippen molar-refractivity contribution >= 4 is 82.9 Å². The lowest BCUT2D eigenvalue weighted by Crippen LogP contribution is -2.66. The number of fused-ring (bicyclic) bond motifs is 3. The third kappa shape index (κ3) is 5.11. The standard InChI is InChI=1S/C23H21ClN2O8S4/c1-14(27)34-16-4-6-19-17(12-16)25(8-2-10-37(28,29)30)21(35-19)13-22-26(9-7-23(26)38(31,32)33)18-11-15(24)3-5-20(18)36-22/h3-6,11-13,23H,2,7-10H2,1H3/p+2. The molecule has 1 aromatic heterocycles. The van der Waals surface area contributed by atoms with Gasteiger partial charge in [-0.3, -0.25) is 13.9 Å². The zero-order valence-electron chi connectivity index (χ0n) is 19.9. The van der Waals surface area contributed by atoms with Gasteiger partial charge in [0.05, 0.1) is 35.8 Å². The first-order chi connectivity index (χ1) is 17.8. The lowest BCUT2D eigenvalue weighted by Gasteiger charge is -2.47. The van der Waals surface area contributed by atoms with E-state index in [0.29, 0.717) is 38.6 Å². The predicted molar refractivity (Wildman–Crippen MR) is 146 cm³/mol. The monoisotopic (exact) mass is 618 g/mol. The van der Waals surface area contributed by atoms with Gasteiger partial charge in [-0.15, -0.1) is 0 Å². The number of carbonyl (C=O) groups is 1. The van der Waals surface area contributed by atoms with Gasteiger partial charge in [-0.1, -0.05) is 22.9 Å². The first-order valence-corrected chi connectivity index (χ1v) is 16.5. The first-order valence-electron chi connectivity index (χ1n) is 11.4. The number of esters is 1. The molecule has 1 saturated heterocycles. The fourth-order valence-electron chi connectivity index (χ4n) is 4.90. The second-order valence-electron chi connectivity index (χ2n) is 9.00. The van der Waals surface area contributed by atoms with E-state index in [1.807, 2.05) is 16.7 Å². The number of carbonyl (C=O) groups excluding carboxylic acids is 1. The average molecular weight is 619 g/mol. The van der Waals surface area contributed by atoms with E-state index in [-0.39, 0.29) is 23.9 Å². The van der Waals surface area contributed by atoms with Crippen molar-refractivity contribution in [2.24, 2.45) is 0 Å². The predicted octanol–water partition coefficient (Wildman–Crippen LogP) is 4.07. The molecule has 2 N–H and O–H groups in total. The number of halogens is 1. The van der Waals surface area contributed by atoms with Crippen molar-refractivity contribution in [3.63, 3.8) is 0 Å². The summed E-state index contributed by atoms with van der Waals surface area (Å²) in [6.45, 7) is 1.95. The minimum atomic E-state index is -4.39. The van der Waals surface area contributed by atoms with Gasteiger partial charge in [-0.2, -0.15) is 21.4 Å². The molecule has 2 aliphatic rings. The third-order valence-electron chi connectivity index (χ3n) is 6.52. The largest absolute Gasteiger partial charge is 0.426 e. The molecular formula is C23H23ClN2O8S4+2. The van der Waals surface area contributed by atoms with Gasteiger partial charge in [-0.25, -0.2) is 4.48 Å². The van der Waals surface area contributed by atoms with Crippen LogP contribution in [0.25, 0.3) is 16.3 Å². The smallest absolute Gasteiger partial charge is 0.320 e. The van der Waals surface area contributed by atoms with Gasteiger partial charge >= 0.3 is 16.1 Å². The lowest BCUT2D eigenvalue weighted by molar-refractivity contribution is -0.668. The van der Waals surface area contributed by atoms with Crippen molar-refractivity contribution in [1.82, 2.24) is 4.48 Å². The summed E-state index contributed by atoms with van der Waals surface area (Å²) in [6.07, 6.45) is 2.23. The van der Waals surface area contributed by atoms with Crippen molar-refractivity contribution in [2.75, 3.05) is 12.3 Å². The Morgan fingerprint density at radius 3 is 2.61 bits per heavy atom. The van der Waals surface area contributed by atoms with Crippen LogP contribution in [0.3, 0.4) is 0 Å². The highest BCUT2D eigenvalue weighted by Crippen LogP contribution is 2.58. The molecule has 3 heterocycles. The number of rotatable bonds is 7. The molecule has 1 spiro atoms. The van der Waals surface area contributed by atoms with Crippen LogP contribution in [0.15, 0.2) is 46.3 Å². The molecule has 0 bridgehead atoms. The summed E-state index contributed by atoms with van der Waals surface area (Å²) in [5, 5.41) is 0.727. The topological polar surface area (TPSA) is 139 Å². The number of nitrogens with zero attached hydrogens (tertiary/aromatic N) is 2.